The largest absolute Gasteiger partial charge is 0.494 e. The second-order valence-corrected chi connectivity index (χ2v) is 4.96. The van der Waals surface area contributed by atoms with E-state index in [2.05, 4.69) is 10.5 Å². The molecule has 0 aromatic heterocycles. The molecule has 22 heavy (non-hydrogen) atoms. The van der Waals surface area contributed by atoms with Crippen LogP contribution in [-0.4, -0.2) is 18.2 Å². The monoisotopic (exact) mass is 296 g/mol. The molecule has 0 aliphatic carbocycles. The number of amides is 1. The Morgan fingerprint density at radius 1 is 1.05 bits per heavy atom. The molecular weight excluding hydrogens is 276 g/mol. The highest BCUT2D eigenvalue weighted by Gasteiger charge is 2.04. The third-order valence-electron chi connectivity index (χ3n) is 3.22. The molecule has 4 heteroatoms. The minimum Gasteiger partial charge on any atom is -0.494 e. The van der Waals surface area contributed by atoms with Crippen molar-refractivity contribution < 1.29 is 9.53 Å². The quantitative estimate of drug-likeness (QED) is 0.677. The molecule has 0 unspecified atom stereocenters. The van der Waals surface area contributed by atoms with Gasteiger partial charge in [-0.3, -0.25) is 4.79 Å². The van der Waals surface area contributed by atoms with Gasteiger partial charge < -0.3 is 4.74 Å². The lowest BCUT2D eigenvalue weighted by atomic mass is 10.1. The number of carbonyl (C=O) groups excluding carboxylic acids is 1. The van der Waals surface area contributed by atoms with E-state index in [0.717, 1.165) is 22.6 Å². The zero-order valence-electron chi connectivity index (χ0n) is 13.1. The molecule has 0 aliphatic rings. The van der Waals surface area contributed by atoms with E-state index in [1.807, 2.05) is 57.2 Å². The minimum atomic E-state index is -0.217. The highest BCUT2D eigenvalue weighted by Crippen LogP contribution is 2.12. The van der Waals surface area contributed by atoms with Crippen molar-refractivity contribution in [3.63, 3.8) is 0 Å². The summed E-state index contributed by atoms with van der Waals surface area (Å²) >= 11 is 0. The molecule has 2 aromatic rings. The fraction of sp³-hybridized carbons (Fsp3) is 0.222. The molecule has 0 atom stereocenters. The number of nitrogens with one attached hydrogen (secondary N) is 1. The average molecular weight is 296 g/mol. The normalized spacial score (nSPS) is 11.1. The molecule has 114 valence electrons. The Morgan fingerprint density at radius 2 is 1.64 bits per heavy atom. The van der Waals surface area contributed by atoms with Crippen LogP contribution in [0.4, 0.5) is 0 Å². The van der Waals surface area contributed by atoms with E-state index in [9.17, 15) is 4.79 Å². The van der Waals surface area contributed by atoms with Crippen LogP contribution in [0.25, 0.3) is 0 Å². The van der Waals surface area contributed by atoms with Gasteiger partial charge in [0.15, 0.2) is 0 Å². The summed E-state index contributed by atoms with van der Waals surface area (Å²) in [5, 5.41) is 4.15. The van der Waals surface area contributed by atoms with Gasteiger partial charge in [-0.15, -0.1) is 0 Å². The summed E-state index contributed by atoms with van der Waals surface area (Å²) in [7, 11) is 0. The molecule has 0 saturated heterocycles. The maximum Gasteiger partial charge on any atom is 0.271 e. The van der Waals surface area contributed by atoms with Crippen molar-refractivity contribution in [2.75, 3.05) is 6.61 Å². The van der Waals surface area contributed by atoms with Gasteiger partial charge in [-0.1, -0.05) is 17.7 Å². The van der Waals surface area contributed by atoms with Gasteiger partial charge in [-0.25, -0.2) is 5.43 Å². The number of aryl methyl sites for hydroxylation is 1. The lowest BCUT2D eigenvalue weighted by Crippen LogP contribution is -2.19. The molecule has 1 amide bonds. The summed E-state index contributed by atoms with van der Waals surface area (Å²) in [6.07, 6.45) is 0. The minimum absolute atomic E-state index is 0.217. The van der Waals surface area contributed by atoms with Gasteiger partial charge in [0.2, 0.25) is 0 Å². The van der Waals surface area contributed by atoms with Gasteiger partial charge >= 0.3 is 0 Å². The first-order valence-electron chi connectivity index (χ1n) is 7.24. The van der Waals surface area contributed by atoms with Crippen molar-refractivity contribution in [1.29, 1.82) is 0 Å². The first-order valence-corrected chi connectivity index (χ1v) is 7.24. The number of nitrogens with zero attached hydrogens (tertiary/aromatic N) is 1. The molecule has 0 radical (unpaired) electrons. The summed E-state index contributed by atoms with van der Waals surface area (Å²) in [5.41, 5.74) is 5.96. The number of carbonyl (C=O) groups is 1. The first-order chi connectivity index (χ1) is 10.6. The van der Waals surface area contributed by atoms with E-state index < -0.39 is 0 Å². The van der Waals surface area contributed by atoms with E-state index in [-0.39, 0.29) is 5.91 Å². The van der Waals surface area contributed by atoms with Crippen LogP contribution < -0.4 is 10.2 Å². The van der Waals surface area contributed by atoms with E-state index in [4.69, 9.17) is 4.74 Å². The molecule has 0 saturated carbocycles. The van der Waals surface area contributed by atoms with E-state index in [1.165, 1.54) is 0 Å². The van der Waals surface area contributed by atoms with Crippen LogP contribution in [0.5, 0.6) is 5.75 Å². The predicted molar refractivity (Wildman–Crippen MR) is 88.5 cm³/mol. The van der Waals surface area contributed by atoms with Crippen LogP contribution >= 0.6 is 0 Å². The Kier molecular flexibility index (Phi) is 5.31. The standard InChI is InChI=1S/C18H20N2O2/c1-4-22-17-11-9-15(10-12-17)14(3)19-20-18(21)16-7-5-13(2)6-8-16/h5-12H,4H2,1-3H3,(H,20,21). The van der Waals surface area contributed by atoms with Crippen molar-refractivity contribution in [1.82, 2.24) is 5.43 Å². The summed E-state index contributed by atoms with van der Waals surface area (Å²) < 4.78 is 5.40. The summed E-state index contributed by atoms with van der Waals surface area (Å²) in [5.74, 6) is 0.605. The van der Waals surface area contributed by atoms with Crippen LogP contribution in [0.1, 0.15) is 35.3 Å². The third-order valence-corrected chi connectivity index (χ3v) is 3.22. The predicted octanol–water partition coefficient (Wildman–Crippen LogP) is 3.55. The van der Waals surface area contributed by atoms with Gasteiger partial charge in [-0.2, -0.15) is 5.10 Å². The number of hydrogen-bond donors (Lipinski definition) is 1. The average Bonchev–Trinajstić information content (AvgIpc) is 2.54. The molecule has 0 aliphatic heterocycles. The summed E-state index contributed by atoms with van der Waals surface area (Å²) in [6.45, 7) is 6.42. The Labute approximate surface area is 130 Å². The molecule has 2 rings (SSSR count). The van der Waals surface area contributed by atoms with Crippen LogP contribution in [0.3, 0.4) is 0 Å². The number of ether oxygens (including phenoxy) is 1. The molecule has 0 fully saturated rings. The first kappa shape index (κ1) is 15.8. The summed E-state index contributed by atoms with van der Waals surface area (Å²) in [6, 6.07) is 15.0. The molecule has 0 bridgehead atoms. The number of hydrazone groups is 1. The molecule has 2 aromatic carbocycles. The second-order valence-electron chi connectivity index (χ2n) is 4.96. The Hall–Kier alpha value is -2.62. The second kappa shape index (κ2) is 7.41. The highest BCUT2D eigenvalue weighted by molar-refractivity contribution is 6.00. The van der Waals surface area contributed by atoms with Crippen molar-refractivity contribution in [3.8, 4) is 5.75 Å². The van der Waals surface area contributed by atoms with Crippen molar-refractivity contribution in [2.24, 2.45) is 5.10 Å². The third kappa shape index (κ3) is 4.19. The maximum absolute atomic E-state index is 12.0. The number of rotatable bonds is 5. The van der Waals surface area contributed by atoms with Crippen molar-refractivity contribution >= 4 is 11.6 Å². The van der Waals surface area contributed by atoms with Crippen LogP contribution in [0, 0.1) is 6.92 Å². The fourth-order valence-corrected chi connectivity index (χ4v) is 1.93. The fourth-order valence-electron chi connectivity index (χ4n) is 1.93. The zero-order chi connectivity index (χ0) is 15.9. The topological polar surface area (TPSA) is 50.7 Å². The van der Waals surface area contributed by atoms with E-state index in [1.54, 1.807) is 12.1 Å². The van der Waals surface area contributed by atoms with Gasteiger partial charge in [0.25, 0.3) is 5.91 Å². The SMILES string of the molecule is CCOc1ccc(C(C)=NNC(=O)c2ccc(C)cc2)cc1. The summed E-state index contributed by atoms with van der Waals surface area (Å²) in [4.78, 5) is 12.0. The molecular formula is C18H20N2O2. The van der Waals surface area contributed by atoms with Crippen molar-refractivity contribution in [3.05, 3.63) is 65.2 Å². The zero-order valence-corrected chi connectivity index (χ0v) is 13.1. The van der Waals surface area contributed by atoms with Crippen molar-refractivity contribution in [2.45, 2.75) is 20.8 Å². The molecule has 0 spiro atoms. The lowest BCUT2D eigenvalue weighted by Gasteiger charge is -2.05. The Balaban J connectivity index is 2.02. The van der Waals surface area contributed by atoms with Gasteiger partial charge in [0.1, 0.15) is 5.75 Å². The van der Waals surface area contributed by atoms with Gasteiger partial charge in [-0.05, 0) is 62.7 Å². The Morgan fingerprint density at radius 3 is 2.23 bits per heavy atom. The maximum atomic E-state index is 12.0. The molecule has 0 heterocycles. The highest BCUT2D eigenvalue weighted by atomic mass is 16.5. The van der Waals surface area contributed by atoms with Gasteiger partial charge in [0, 0.05) is 5.56 Å². The van der Waals surface area contributed by atoms with Crippen LogP contribution in [-0.2, 0) is 0 Å². The van der Waals surface area contributed by atoms with Gasteiger partial charge in [0.05, 0.1) is 12.3 Å². The van der Waals surface area contributed by atoms with Crippen LogP contribution in [0.15, 0.2) is 53.6 Å². The van der Waals surface area contributed by atoms with E-state index >= 15 is 0 Å². The van der Waals surface area contributed by atoms with Crippen LogP contribution in [0.2, 0.25) is 0 Å². The molecule has 1 N–H and O–H groups in total. The number of benzene rings is 2. The van der Waals surface area contributed by atoms with E-state index in [0.29, 0.717) is 12.2 Å². The smallest absolute Gasteiger partial charge is 0.271 e. The molecule has 4 nitrogen and oxygen atoms in total. The Bertz CT molecular complexity index is 658. The number of hydrogen-bond acceptors (Lipinski definition) is 3. The lowest BCUT2D eigenvalue weighted by molar-refractivity contribution is 0.0955.